The van der Waals surface area contributed by atoms with Crippen molar-refractivity contribution in [1.29, 1.82) is 0 Å². The average molecular weight is 330 g/mol. The molecule has 0 unspecified atom stereocenters. The minimum absolute atomic E-state index is 0.136. The number of allylic oxidation sites excluding steroid dienone is 1. The summed E-state index contributed by atoms with van der Waals surface area (Å²) < 4.78 is 6.00. The van der Waals surface area contributed by atoms with Gasteiger partial charge < -0.3 is 9.84 Å². The van der Waals surface area contributed by atoms with E-state index in [1.807, 2.05) is 0 Å². The zero-order valence-electron chi connectivity index (χ0n) is 15.2. The summed E-state index contributed by atoms with van der Waals surface area (Å²) in [4.78, 5) is 12.2. The lowest BCUT2D eigenvalue weighted by Crippen LogP contribution is -2.50. The molecule has 0 aromatic carbocycles. The zero-order valence-corrected chi connectivity index (χ0v) is 15.2. The van der Waals surface area contributed by atoms with Crippen LogP contribution < -0.4 is 0 Å². The van der Waals surface area contributed by atoms with Crippen LogP contribution in [0.4, 0.5) is 0 Å². The SMILES string of the molecule is CC(=O)[C@@]12C[C@@H]3[C@@H]4CC=C5C[C@H](O)CC[C@]5(C)[C@@H]4CC[C@@]3(C)[C@@H]1O2. The number of ether oxygens (including phenoxy) is 1. The smallest absolute Gasteiger partial charge is 0.164 e. The quantitative estimate of drug-likeness (QED) is 0.590. The molecule has 5 aliphatic rings. The number of fused-ring (bicyclic) bond motifs is 7. The fourth-order valence-corrected chi connectivity index (χ4v) is 7.44. The van der Waals surface area contributed by atoms with Crippen LogP contribution in [0, 0.1) is 28.6 Å². The normalized spacial score (nSPS) is 58.0. The molecule has 1 saturated heterocycles. The van der Waals surface area contributed by atoms with Gasteiger partial charge in [0.2, 0.25) is 0 Å². The Bertz CT molecular complexity index is 639. The van der Waals surface area contributed by atoms with E-state index < -0.39 is 5.60 Å². The zero-order chi connectivity index (χ0) is 16.9. The van der Waals surface area contributed by atoms with Gasteiger partial charge in [-0.1, -0.05) is 25.5 Å². The molecule has 1 heterocycles. The fourth-order valence-electron chi connectivity index (χ4n) is 7.44. The van der Waals surface area contributed by atoms with Crippen LogP contribution in [0.1, 0.15) is 65.7 Å². The van der Waals surface area contributed by atoms with Gasteiger partial charge in [0.05, 0.1) is 6.10 Å². The number of ketones is 1. The summed E-state index contributed by atoms with van der Waals surface area (Å²) >= 11 is 0. The molecule has 132 valence electrons. The van der Waals surface area contributed by atoms with Gasteiger partial charge in [-0.2, -0.15) is 0 Å². The van der Waals surface area contributed by atoms with E-state index in [1.54, 1.807) is 6.92 Å². The van der Waals surface area contributed by atoms with Crippen molar-refractivity contribution >= 4 is 5.78 Å². The fraction of sp³-hybridized carbons (Fsp3) is 0.857. The van der Waals surface area contributed by atoms with Crippen LogP contribution in [-0.2, 0) is 9.53 Å². The molecule has 0 aromatic rings. The number of carbonyl (C=O) groups is 1. The number of hydrogen-bond acceptors (Lipinski definition) is 3. The summed E-state index contributed by atoms with van der Waals surface area (Å²) in [6.07, 6.45) is 10.0. The van der Waals surface area contributed by atoms with Gasteiger partial charge in [-0.25, -0.2) is 0 Å². The lowest BCUT2D eigenvalue weighted by atomic mass is 9.48. The summed E-state index contributed by atoms with van der Waals surface area (Å²) in [5, 5.41) is 10.1. The van der Waals surface area contributed by atoms with E-state index >= 15 is 0 Å². The first-order chi connectivity index (χ1) is 11.3. The third-order valence-corrected chi connectivity index (χ3v) is 8.93. The first-order valence-electron chi connectivity index (χ1n) is 9.88. The Morgan fingerprint density at radius 2 is 2.04 bits per heavy atom. The Morgan fingerprint density at radius 1 is 1.25 bits per heavy atom. The maximum absolute atomic E-state index is 12.2. The van der Waals surface area contributed by atoms with Crippen LogP contribution in [0.5, 0.6) is 0 Å². The lowest BCUT2D eigenvalue weighted by molar-refractivity contribution is -0.123. The highest BCUT2D eigenvalue weighted by Crippen LogP contribution is 2.72. The standard InChI is InChI=1S/C21H30O3/c1-12(22)21-11-17-15-5-4-13-10-14(23)6-8-19(13,2)16(15)7-9-20(17,3)18(21)24-21/h4,14-18,23H,5-11H2,1-3H3/t14-,15-,16-,17-,18+,19+,20-,21+/m1/s1. The average Bonchev–Trinajstić information content (AvgIpc) is 3.22. The maximum atomic E-state index is 12.2. The number of hydrogen-bond donors (Lipinski definition) is 1. The van der Waals surface area contributed by atoms with Crippen molar-refractivity contribution in [3.63, 3.8) is 0 Å². The van der Waals surface area contributed by atoms with Gasteiger partial charge in [-0.05, 0) is 75.0 Å². The van der Waals surface area contributed by atoms with Crippen molar-refractivity contribution in [1.82, 2.24) is 0 Å². The first kappa shape index (κ1) is 15.6. The highest BCUT2D eigenvalue weighted by Gasteiger charge is 2.77. The van der Waals surface area contributed by atoms with E-state index in [0.29, 0.717) is 11.8 Å². The molecule has 0 aromatic heterocycles. The van der Waals surface area contributed by atoms with Gasteiger partial charge in [0, 0.05) is 5.41 Å². The lowest BCUT2D eigenvalue weighted by Gasteiger charge is -2.57. The minimum atomic E-state index is -0.429. The molecule has 4 aliphatic carbocycles. The molecule has 1 N–H and O–H groups in total. The Kier molecular flexibility index (Phi) is 2.94. The van der Waals surface area contributed by atoms with E-state index in [9.17, 15) is 9.90 Å². The van der Waals surface area contributed by atoms with Gasteiger partial charge in [0.25, 0.3) is 0 Å². The van der Waals surface area contributed by atoms with Gasteiger partial charge >= 0.3 is 0 Å². The molecule has 0 spiro atoms. The Hall–Kier alpha value is -0.670. The van der Waals surface area contributed by atoms with Crippen LogP contribution in [-0.4, -0.2) is 28.7 Å². The molecule has 3 heteroatoms. The predicted molar refractivity (Wildman–Crippen MR) is 91.4 cm³/mol. The topological polar surface area (TPSA) is 49.8 Å². The maximum Gasteiger partial charge on any atom is 0.164 e. The van der Waals surface area contributed by atoms with Crippen LogP contribution in [0.3, 0.4) is 0 Å². The number of Topliss-reactive ketones (excluding diaryl/α,β-unsaturated/α-hetero) is 1. The third-order valence-electron chi connectivity index (χ3n) is 8.93. The highest BCUT2D eigenvalue weighted by atomic mass is 16.6. The van der Waals surface area contributed by atoms with Crippen molar-refractivity contribution in [3.8, 4) is 0 Å². The van der Waals surface area contributed by atoms with Crippen molar-refractivity contribution < 1.29 is 14.6 Å². The van der Waals surface area contributed by atoms with E-state index in [1.165, 1.54) is 18.4 Å². The highest BCUT2D eigenvalue weighted by molar-refractivity contribution is 5.89. The number of epoxide rings is 1. The summed E-state index contributed by atoms with van der Waals surface area (Å²) in [6.45, 7) is 6.57. The molecule has 24 heavy (non-hydrogen) atoms. The van der Waals surface area contributed by atoms with Crippen LogP contribution >= 0.6 is 0 Å². The monoisotopic (exact) mass is 330 g/mol. The Balaban J connectivity index is 1.50. The molecule has 4 fully saturated rings. The Morgan fingerprint density at radius 3 is 2.79 bits per heavy atom. The summed E-state index contributed by atoms with van der Waals surface area (Å²) in [6, 6.07) is 0. The predicted octanol–water partition coefficient (Wildman–Crippen LogP) is 3.65. The molecule has 3 saturated carbocycles. The molecule has 0 amide bonds. The molecule has 5 rings (SSSR count). The second-order valence-electron chi connectivity index (χ2n) is 9.85. The number of aliphatic hydroxyl groups excluding tert-OH is 1. The van der Waals surface area contributed by atoms with Crippen LogP contribution in [0.25, 0.3) is 0 Å². The largest absolute Gasteiger partial charge is 0.393 e. The van der Waals surface area contributed by atoms with Gasteiger partial charge in [0.15, 0.2) is 11.4 Å². The van der Waals surface area contributed by atoms with E-state index in [0.717, 1.165) is 38.0 Å². The van der Waals surface area contributed by atoms with Crippen molar-refractivity contribution in [3.05, 3.63) is 11.6 Å². The second kappa shape index (κ2) is 4.54. The summed E-state index contributed by atoms with van der Waals surface area (Å²) in [7, 11) is 0. The molecule has 1 aliphatic heterocycles. The first-order valence-corrected chi connectivity index (χ1v) is 9.88. The second-order valence-corrected chi connectivity index (χ2v) is 9.85. The minimum Gasteiger partial charge on any atom is -0.393 e. The van der Waals surface area contributed by atoms with E-state index in [2.05, 4.69) is 19.9 Å². The molecule has 8 atom stereocenters. The summed E-state index contributed by atoms with van der Waals surface area (Å²) in [5.41, 5.74) is 1.57. The number of aliphatic hydroxyl groups is 1. The van der Waals surface area contributed by atoms with Crippen LogP contribution in [0.15, 0.2) is 11.6 Å². The van der Waals surface area contributed by atoms with E-state index in [4.69, 9.17) is 4.74 Å². The van der Waals surface area contributed by atoms with E-state index in [-0.39, 0.29) is 28.8 Å². The van der Waals surface area contributed by atoms with Gasteiger partial charge in [0.1, 0.15) is 6.10 Å². The molecular formula is C21H30O3. The van der Waals surface area contributed by atoms with Gasteiger partial charge in [-0.15, -0.1) is 0 Å². The number of carbonyl (C=O) groups excluding carboxylic acids is 1. The molecule has 0 radical (unpaired) electrons. The molecular weight excluding hydrogens is 300 g/mol. The third kappa shape index (κ3) is 1.69. The van der Waals surface area contributed by atoms with Crippen LogP contribution in [0.2, 0.25) is 0 Å². The number of rotatable bonds is 1. The van der Waals surface area contributed by atoms with Crippen molar-refractivity contribution in [2.75, 3.05) is 0 Å². The Labute approximate surface area is 144 Å². The molecule has 3 nitrogen and oxygen atoms in total. The van der Waals surface area contributed by atoms with Crippen molar-refractivity contribution in [2.45, 2.75) is 83.5 Å². The van der Waals surface area contributed by atoms with Gasteiger partial charge in [-0.3, -0.25) is 4.79 Å². The molecule has 0 bridgehead atoms. The summed E-state index contributed by atoms with van der Waals surface area (Å²) in [5.74, 6) is 2.30. The van der Waals surface area contributed by atoms with Crippen molar-refractivity contribution in [2.24, 2.45) is 28.6 Å².